The first-order valence-corrected chi connectivity index (χ1v) is 9.63. The van der Waals surface area contributed by atoms with Gasteiger partial charge in [0, 0.05) is 15.6 Å². The molecule has 0 saturated carbocycles. The van der Waals surface area contributed by atoms with Crippen molar-refractivity contribution < 1.29 is 29.3 Å². The predicted octanol–water partition coefficient (Wildman–Crippen LogP) is 3.36. The number of ether oxygens (including phenoxy) is 2. The van der Waals surface area contributed by atoms with Crippen LogP contribution in [-0.2, 0) is 0 Å². The number of aromatic carboxylic acids is 2. The van der Waals surface area contributed by atoms with Crippen molar-refractivity contribution in [2.24, 2.45) is 0 Å². The number of aromatic amines is 1. The molecule has 0 amide bonds. The minimum atomic E-state index is -1.59. The van der Waals surface area contributed by atoms with Crippen LogP contribution in [0.3, 0.4) is 0 Å². The third-order valence-electron chi connectivity index (χ3n) is 4.03. The number of benzene rings is 1. The molecule has 0 fully saturated rings. The summed E-state index contributed by atoms with van der Waals surface area (Å²) in [4.78, 5) is 37.8. The second-order valence-corrected chi connectivity index (χ2v) is 6.87. The van der Waals surface area contributed by atoms with E-state index in [1.54, 1.807) is 13.0 Å². The number of nitrogens with two attached hydrogens (primary N) is 1. The van der Waals surface area contributed by atoms with E-state index in [0.717, 1.165) is 12.8 Å². The number of unbranched alkanes of at least 4 members (excludes halogenated alkanes) is 1. The zero-order valence-corrected chi connectivity index (χ0v) is 17.5. The number of anilines is 1. The van der Waals surface area contributed by atoms with Gasteiger partial charge in [-0.25, -0.2) is 9.59 Å². The minimum Gasteiger partial charge on any atom is -0.490 e. The van der Waals surface area contributed by atoms with Gasteiger partial charge in [0.1, 0.15) is 16.9 Å². The van der Waals surface area contributed by atoms with Crippen molar-refractivity contribution >= 4 is 33.7 Å². The molecule has 29 heavy (non-hydrogen) atoms. The Morgan fingerprint density at radius 2 is 1.72 bits per heavy atom. The lowest BCUT2D eigenvalue weighted by molar-refractivity contribution is 0.0695. The van der Waals surface area contributed by atoms with Gasteiger partial charge in [-0.15, -0.1) is 0 Å². The van der Waals surface area contributed by atoms with E-state index in [9.17, 15) is 24.6 Å². The molecule has 156 valence electrons. The lowest BCUT2D eigenvalue weighted by Crippen LogP contribution is -2.24. The maximum atomic E-state index is 12.2. The monoisotopic (exact) mass is 468 g/mol. The molecule has 0 aliphatic carbocycles. The van der Waals surface area contributed by atoms with Crippen LogP contribution in [0.15, 0.2) is 21.4 Å². The average Bonchev–Trinajstić information content (AvgIpc) is 2.62. The Morgan fingerprint density at radius 1 is 1.10 bits per heavy atom. The molecule has 2 rings (SSSR count). The van der Waals surface area contributed by atoms with Crippen LogP contribution in [0, 0.1) is 0 Å². The quantitative estimate of drug-likeness (QED) is 0.408. The van der Waals surface area contributed by atoms with Crippen LogP contribution in [-0.4, -0.2) is 40.3 Å². The number of carboxylic acids is 2. The summed E-state index contributed by atoms with van der Waals surface area (Å²) in [6, 6.07) is 2.98. The number of carboxylic acid groups (broad SMARTS) is 2. The topological polar surface area (TPSA) is 152 Å². The smallest absolute Gasteiger partial charge is 0.342 e. The van der Waals surface area contributed by atoms with Gasteiger partial charge >= 0.3 is 11.9 Å². The van der Waals surface area contributed by atoms with Crippen molar-refractivity contribution in [2.75, 3.05) is 18.9 Å². The van der Waals surface area contributed by atoms with Crippen LogP contribution in [0.4, 0.5) is 5.82 Å². The van der Waals surface area contributed by atoms with E-state index in [2.05, 4.69) is 20.9 Å². The molecule has 0 spiro atoms. The standard InChI is InChI=1S/C19H21BrN2O7/c1-3-5-6-29-12-8-10(20)9(7-11(12)28-4-2)13-14(18(24)25)16(21)22-17(23)15(13)19(26)27/h7-8H,3-6H2,1-2H3,(H,24,25)(H,26,27)(H3,21,22,23). The van der Waals surface area contributed by atoms with Crippen molar-refractivity contribution in [1.82, 2.24) is 4.98 Å². The summed E-state index contributed by atoms with van der Waals surface area (Å²) in [6.45, 7) is 4.51. The van der Waals surface area contributed by atoms with Crippen LogP contribution in [0.1, 0.15) is 47.4 Å². The molecule has 1 heterocycles. The number of rotatable bonds is 9. The summed E-state index contributed by atoms with van der Waals surface area (Å²) in [5, 5.41) is 19.1. The molecule has 1 aromatic carbocycles. The molecular formula is C19H21BrN2O7. The van der Waals surface area contributed by atoms with Gasteiger partial charge in [0.2, 0.25) is 0 Å². The van der Waals surface area contributed by atoms with Crippen LogP contribution in [0.5, 0.6) is 11.5 Å². The molecule has 0 aliphatic rings. The van der Waals surface area contributed by atoms with Crippen molar-refractivity contribution in [3.8, 4) is 22.6 Å². The SMILES string of the molecule is CCCCOc1cc(Br)c(-c2c(C(=O)O)c(N)[nH]c(=O)c2C(=O)O)cc1OCC. The van der Waals surface area contributed by atoms with Crippen molar-refractivity contribution in [2.45, 2.75) is 26.7 Å². The molecule has 2 aromatic rings. The van der Waals surface area contributed by atoms with E-state index in [4.69, 9.17) is 15.2 Å². The fraction of sp³-hybridized carbons (Fsp3) is 0.316. The Morgan fingerprint density at radius 3 is 2.28 bits per heavy atom. The molecule has 0 radical (unpaired) electrons. The number of nitrogen functional groups attached to an aromatic ring is 1. The third kappa shape index (κ3) is 4.70. The number of H-pyrrole nitrogens is 1. The number of hydrogen-bond donors (Lipinski definition) is 4. The largest absolute Gasteiger partial charge is 0.490 e. The summed E-state index contributed by atoms with van der Waals surface area (Å²) in [5.74, 6) is -2.83. The number of carbonyl (C=O) groups is 2. The molecular weight excluding hydrogens is 448 g/mol. The van der Waals surface area contributed by atoms with Gasteiger partial charge in [0.25, 0.3) is 5.56 Å². The Labute approximate surface area is 174 Å². The maximum Gasteiger partial charge on any atom is 0.342 e. The molecule has 9 nitrogen and oxygen atoms in total. The molecule has 0 bridgehead atoms. The Kier molecular flexibility index (Phi) is 7.27. The van der Waals surface area contributed by atoms with E-state index in [-0.39, 0.29) is 16.9 Å². The van der Waals surface area contributed by atoms with E-state index < -0.39 is 34.4 Å². The first-order valence-electron chi connectivity index (χ1n) is 8.84. The Hall–Kier alpha value is -3.01. The second-order valence-electron chi connectivity index (χ2n) is 6.02. The predicted molar refractivity (Wildman–Crippen MR) is 110 cm³/mol. The average molecular weight is 469 g/mol. The van der Waals surface area contributed by atoms with Gasteiger partial charge in [-0.3, -0.25) is 4.79 Å². The second kappa shape index (κ2) is 9.46. The summed E-state index contributed by atoms with van der Waals surface area (Å²) < 4.78 is 11.6. The number of aromatic nitrogens is 1. The zero-order valence-electron chi connectivity index (χ0n) is 15.9. The van der Waals surface area contributed by atoms with Gasteiger partial charge in [0.15, 0.2) is 11.5 Å². The van der Waals surface area contributed by atoms with Crippen molar-refractivity contribution in [1.29, 1.82) is 0 Å². The zero-order chi connectivity index (χ0) is 21.7. The lowest BCUT2D eigenvalue weighted by atomic mass is 9.95. The van der Waals surface area contributed by atoms with Crippen LogP contribution >= 0.6 is 15.9 Å². The molecule has 0 saturated heterocycles. The van der Waals surface area contributed by atoms with E-state index in [0.29, 0.717) is 23.4 Å². The number of halogens is 1. The lowest BCUT2D eigenvalue weighted by Gasteiger charge is -2.17. The molecule has 1 aromatic heterocycles. The summed E-state index contributed by atoms with van der Waals surface area (Å²) in [6.07, 6.45) is 1.75. The first-order chi connectivity index (χ1) is 13.7. The van der Waals surface area contributed by atoms with Gasteiger partial charge < -0.3 is 30.4 Å². The number of hydrogen-bond acceptors (Lipinski definition) is 6. The molecule has 0 atom stereocenters. The first kappa shape index (κ1) is 22.3. The Bertz CT molecular complexity index is 1000. The third-order valence-corrected chi connectivity index (χ3v) is 4.69. The number of pyridine rings is 1. The van der Waals surface area contributed by atoms with Crippen LogP contribution < -0.4 is 20.8 Å². The Balaban J connectivity index is 2.83. The van der Waals surface area contributed by atoms with E-state index in [1.165, 1.54) is 6.07 Å². The highest BCUT2D eigenvalue weighted by atomic mass is 79.9. The highest BCUT2D eigenvalue weighted by molar-refractivity contribution is 9.10. The van der Waals surface area contributed by atoms with E-state index in [1.807, 2.05) is 6.92 Å². The highest BCUT2D eigenvalue weighted by Gasteiger charge is 2.28. The van der Waals surface area contributed by atoms with Crippen LogP contribution in [0.25, 0.3) is 11.1 Å². The van der Waals surface area contributed by atoms with Gasteiger partial charge in [-0.2, -0.15) is 0 Å². The summed E-state index contributed by atoms with van der Waals surface area (Å²) in [5.41, 5.74) is 3.22. The highest BCUT2D eigenvalue weighted by Crippen LogP contribution is 2.41. The fourth-order valence-electron chi connectivity index (χ4n) is 2.75. The van der Waals surface area contributed by atoms with E-state index >= 15 is 0 Å². The molecule has 0 unspecified atom stereocenters. The normalized spacial score (nSPS) is 10.6. The van der Waals surface area contributed by atoms with Gasteiger partial charge in [-0.05, 0) is 25.5 Å². The fourth-order valence-corrected chi connectivity index (χ4v) is 3.27. The van der Waals surface area contributed by atoms with Crippen molar-refractivity contribution in [3.63, 3.8) is 0 Å². The van der Waals surface area contributed by atoms with Gasteiger partial charge in [0.05, 0.1) is 13.2 Å². The van der Waals surface area contributed by atoms with Gasteiger partial charge in [-0.1, -0.05) is 29.3 Å². The number of nitrogens with one attached hydrogen (secondary N) is 1. The minimum absolute atomic E-state index is 0.129. The molecule has 0 aliphatic heterocycles. The molecule has 5 N–H and O–H groups in total. The maximum absolute atomic E-state index is 12.2. The summed E-state index contributed by atoms with van der Waals surface area (Å²) in [7, 11) is 0. The van der Waals surface area contributed by atoms with Crippen LogP contribution in [0.2, 0.25) is 0 Å². The van der Waals surface area contributed by atoms with Crippen molar-refractivity contribution in [3.05, 3.63) is 38.1 Å². The summed E-state index contributed by atoms with van der Waals surface area (Å²) >= 11 is 3.32. The molecule has 10 heteroatoms.